The average Bonchev–Trinajstić information content (AvgIpc) is 2.67. The number of hydrogen-bond acceptors (Lipinski definition) is 5. The molecule has 1 aliphatic heterocycles. The molecule has 3 rings (SSSR count). The normalized spacial score (nSPS) is 17.1. The Morgan fingerprint density at radius 1 is 1.32 bits per heavy atom. The average molecular weight is 387 g/mol. The largest absolute Gasteiger partial charge is 0.480 e. The van der Waals surface area contributed by atoms with Gasteiger partial charge in [-0.2, -0.15) is 0 Å². The number of carbonyl (C=O) groups excluding carboxylic acids is 1. The molecule has 1 fully saturated rings. The minimum atomic E-state index is -0.928. The molecule has 4 N–H and O–H groups in total. The molecule has 0 spiro atoms. The minimum absolute atomic E-state index is 0.0555. The monoisotopic (exact) mass is 387 g/mol. The van der Waals surface area contributed by atoms with Crippen LogP contribution in [0, 0.1) is 12.7 Å². The third-order valence-electron chi connectivity index (χ3n) is 4.45. The van der Waals surface area contributed by atoms with Gasteiger partial charge in [-0.25, -0.2) is 9.18 Å². The summed E-state index contributed by atoms with van der Waals surface area (Å²) in [4.78, 5) is 29.2. The van der Waals surface area contributed by atoms with E-state index in [1.807, 2.05) is 11.8 Å². The fourth-order valence-electron chi connectivity index (χ4n) is 2.99. The van der Waals surface area contributed by atoms with Gasteiger partial charge in [-0.1, -0.05) is 12.1 Å². The van der Waals surface area contributed by atoms with E-state index in [9.17, 15) is 14.0 Å². The Hall–Kier alpha value is -3.04. The topological polar surface area (TPSA) is 107 Å². The standard InChI is InChI=1S/C19H22FN5O3/c1-12-5-6-14(9-22-12)23-19(28)24-15-4-2-3-13(17(15)20)10-25-8-7-21-16(11-25)18(26)27/h2-6,9,16,21H,7-8,10-11H2,1H3,(H,26,27)(H2,23,24,28)/t16-/m0/s1. The van der Waals surface area contributed by atoms with E-state index in [1.165, 1.54) is 12.3 Å². The predicted molar refractivity (Wildman–Crippen MR) is 103 cm³/mol. The molecule has 1 atom stereocenters. The first kappa shape index (κ1) is 19.7. The summed E-state index contributed by atoms with van der Waals surface area (Å²) < 4.78 is 14.8. The summed E-state index contributed by atoms with van der Waals surface area (Å²) in [6.45, 7) is 3.51. The molecule has 1 aromatic heterocycles. The molecule has 1 aromatic carbocycles. The van der Waals surface area contributed by atoms with Crippen LogP contribution in [-0.2, 0) is 11.3 Å². The number of aromatic nitrogens is 1. The summed E-state index contributed by atoms with van der Waals surface area (Å²) in [6, 6.07) is 6.97. The summed E-state index contributed by atoms with van der Waals surface area (Å²) in [5.41, 5.74) is 1.77. The third kappa shape index (κ3) is 5.02. The van der Waals surface area contributed by atoms with E-state index in [4.69, 9.17) is 5.11 Å². The van der Waals surface area contributed by atoms with Gasteiger partial charge in [-0.15, -0.1) is 0 Å². The van der Waals surface area contributed by atoms with Crippen LogP contribution in [0.25, 0.3) is 0 Å². The molecule has 28 heavy (non-hydrogen) atoms. The lowest BCUT2D eigenvalue weighted by Crippen LogP contribution is -2.53. The quantitative estimate of drug-likeness (QED) is 0.626. The summed E-state index contributed by atoms with van der Waals surface area (Å²) in [5.74, 6) is -1.46. The number of carboxylic acids is 1. The first-order valence-corrected chi connectivity index (χ1v) is 8.89. The lowest BCUT2D eigenvalue weighted by Gasteiger charge is -2.31. The van der Waals surface area contributed by atoms with Gasteiger partial charge in [0.25, 0.3) is 0 Å². The number of piperazine rings is 1. The van der Waals surface area contributed by atoms with E-state index < -0.39 is 23.9 Å². The highest BCUT2D eigenvalue weighted by Crippen LogP contribution is 2.20. The fourth-order valence-corrected chi connectivity index (χ4v) is 2.99. The van der Waals surface area contributed by atoms with Gasteiger partial charge in [0.1, 0.15) is 6.04 Å². The lowest BCUT2D eigenvalue weighted by atomic mass is 10.1. The van der Waals surface area contributed by atoms with E-state index in [-0.39, 0.29) is 18.8 Å². The van der Waals surface area contributed by atoms with Gasteiger partial charge in [0.15, 0.2) is 5.82 Å². The van der Waals surface area contributed by atoms with E-state index in [0.717, 1.165) is 5.69 Å². The maximum Gasteiger partial charge on any atom is 0.323 e. The number of halogens is 1. The van der Waals surface area contributed by atoms with Crippen LogP contribution in [0.4, 0.5) is 20.6 Å². The zero-order valence-corrected chi connectivity index (χ0v) is 15.4. The first-order valence-electron chi connectivity index (χ1n) is 8.89. The van der Waals surface area contributed by atoms with Crippen molar-refractivity contribution in [2.24, 2.45) is 0 Å². The van der Waals surface area contributed by atoms with Crippen molar-refractivity contribution in [3.63, 3.8) is 0 Å². The maximum absolute atomic E-state index is 14.8. The Labute approximate surface area is 161 Å². The van der Waals surface area contributed by atoms with E-state index in [0.29, 0.717) is 24.3 Å². The van der Waals surface area contributed by atoms with Gasteiger partial charge >= 0.3 is 12.0 Å². The number of pyridine rings is 1. The van der Waals surface area contributed by atoms with Gasteiger partial charge in [-0.05, 0) is 25.1 Å². The Morgan fingerprint density at radius 3 is 2.86 bits per heavy atom. The third-order valence-corrected chi connectivity index (χ3v) is 4.45. The number of nitrogens with one attached hydrogen (secondary N) is 3. The highest BCUT2D eigenvalue weighted by atomic mass is 19.1. The molecule has 8 nitrogen and oxygen atoms in total. The van der Waals surface area contributed by atoms with Crippen molar-refractivity contribution in [2.45, 2.75) is 19.5 Å². The van der Waals surface area contributed by atoms with Crippen LogP contribution in [-0.4, -0.2) is 52.7 Å². The van der Waals surface area contributed by atoms with Gasteiger partial charge in [0.05, 0.1) is 17.6 Å². The molecule has 2 heterocycles. The Bertz CT molecular complexity index is 859. The van der Waals surface area contributed by atoms with Crippen LogP contribution in [0.3, 0.4) is 0 Å². The number of anilines is 2. The molecule has 2 aromatic rings. The number of amides is 2. The highest BCUT2D eigenvalue weighted by molar-refractivity contribution is 5.99. The number of rotatable bonds is 5. The number of carboxylic acid groups (broad SMARTS) is 1. The highest BCUT2D eigenvalue weighted by Gasteiger charge is 2.25. The number of urea groups is 1. The minimum Gasteiger partial charge on any atom is -0.480 e. The van der Waals surface area contributed by atoms with Crippen LogP contribution in [0.5, 0.6) is 0 Å². The molecule has 0 bridgehead atoms. The van der Waals surface area contributed by atoms with Crippen LogP contribution in [0.2, 0.25) is 0 Å². The lowest BCUT2D eigenvalue weighted by molar-refractivity contribution is -0.140. The second kappa shape index (κ2) is 8.77. The molecule has 0 aliphatic carbocycles. The second-order valence-electron chi connectivity index (χ2n) is 6.63. The SMILES string of the molecule is Cc1ccc(NC(=O)Nc2cccc(CN3CCN[C@H](C(=O)O)C3)c2F)cn1. The summed E-state index contributed by atoms with van der Waals surface area (Å²) in [7, 11) is 0. The number of aryl methyl sites for hydroxylation is 1. The van der Waals surface area contributed by atoms with Crippen molar-refractivity contribution in [2.75, 3.05) is 30.3 Å². The first-order chi connectivity index (χ1) is 13.4. The van der Waals surface area contributed by atoms with Crippen LogP contribution < -0.4 is 16.0 Å². The van der Waals surface area contributed by atoms with Crippen LogP contribution in [0.1, 0.15) is 11.3 Å². The Balaban J connectivity index is 1.64. The molecule has 0 unspecified atom stereocenters. The second-order valence-corrected chi connectivity index (χ2v) is 6.63. The van der Waals surface area contributed by atoms with Gasteiger partial charge < -0.3 is 21.1 Å². The predicted octanol–water partition coefficient (Wildman–Crippen LogP) is 2.03. The molecule has 1 aliphatic rings. The molecule has 0 radical (unpaired) electrons. The van der Waals surface area contributed by atoms with E-state index >= 15 is 0 Å². The Kier molecular flexibility index (Phi) is 6.17. The van der Waals surface area contributed by atoms with Crippen molar-refractivity contribution in [3.05, 3.63) is 53.6 Å². The molecule has 2 amide bonds. The van der Waals surface area contributed by atoms with Crippen molar-refractivity contribution < 1.29 is 19.1 Å². The maximum atomic E-state index is 14.8. The smallest absolute Gasteiger partial charge is 0.323 e. The zero-order chi connectivity index (χ0) is 20.1. The molecule has 9 heteroatoms. The number of carbonyl (C=O) groups is 2. The number of hydrogen-bond donors (Lipinski definition) is 4. The van der Waals surface area contributed by atoms with Crippen LogP contribution >= 0.6 is 0 Å². The number of aliphatic carboxylic acids is 1. The summed E-state index contributed by atoms with van der Waals surface area (Å²) >= 11 is 0. The van der Waals surface area contributed by atoms with Crippen molar-refractivity contribution in [1.82, 2.24) is 15.2 Å². The molecule has 148 valence electrons. The van der Waals surface area contributed by atoms with Crippen molar-refractivity contribution >= 4 is 23.4 Å². The molecule has 0 saturated carbocycles. The molecule has 1 saturated heterocycles. The fraction of sp³-hybridized carbons (Fsp3) is 0.316. The van der Waals surface area contributed by atoms with E-state index in [1.54, 1.807) is 24.3 Å². The Morgan fingerprint density at radius 2 is 2.14 bits per heavy atom. The summed E-state index contributed by atoms with van der Waals surface area (Å²) in [6.07, 6.45) is 1.52. The van der Waals surface area contributed by atoms with Crippen molar-refractivity contribution in [1.29, 1.82) is 0 Å². The summed E-state index contributed by atoms with van der Waals surface area (Å²) in [5, 5.41) is 17.1. The van der Waals surface area contributed by atoms with Gasteiger partial charge in [-0.3, -0.25) is 14.7 Å². The van der Waals surface area contributed by atoms with Crippen molar-refractivity contribution in [3.8, 4) is 0 Å². The van der Waals surface area contributed by atoms with E-state index in [2.05, 4.69) is 20.9 Å². The van der Waals surface area contributed by atoms with Gasteiger partial charge in [0.2, 0.25) is 0 Å². The zero-order valence-electron chi connectivity index (χ0n) is 15.4. The van der Waals surface area contributed by atoms with Gasteiger partial charge in [0, 0.05) is 37.4 Å². The van der Waals surface area contributed by atoms with Crippen LogP contribution in [0.15, 0.2) is 36.5 Å². The molecular weight excluding hydrogens is 365 g/mol. The molecular formula is C19H22FN5O3. The number of benzene rings is 1. The number of nitrogens with zero attached hydrogens (tertiary/aromatic N) is 2.